The highest BCUT2D eigenvalue weighted by Gasteiger charge is 2.72. The molecule has 4 aliphatic heterocycles. The number of anilines is 1. The number of rotatable bonds is 5. The minimum Gasteiger partial charge on any atom is -0.455 e. The van der Waals surface area contributed by atoms with E-state index in [0.717, 1.165) is 16.8 Å². The van der Waals surface area contributed by atoms with Crippen molar-refractivity contribution in [1.82, 2.24) is 10.2 Å². The first kappa shape index (κ1) is 32.7. The van der Waals surface area contributed by atoms with Gasteiger partial charge in [-0.2, -0.15) is 0 Å². The number of aliphatic hydroxyl groups is 1. The molecule has 10 nitrogen and oxygen atoms in total. The lowest BCUT2D eigenvalue weighted by Crippen LogP contribution is -2.59. The average Bonchev–Trinajstić information content (AvgIpc) is 3.43. The molecule has 2 aromatic rings. The molecule has 7 atom stereocenters. The Labute approximate surface area is 275 Å². The van der Waals surface area contributed by atoms with Crippen LogP contribution in [0.25, 0.3) is 0 Å². The van der Waals surface area contributed by atoms with Crippen LogP contribution in [0.5, 0.6) is 0 Å². The van der Waals surface area contributed by atoms with Crippen LogP contribution in [0.4, 0.5) is 5.69 Å². The fourth-order valence-electron chi connectivity index (χ4n) is 7.55. The Kier molecular flexibility index (Phi) is 9.09. The van der Waals surface area contributed by atoms with Crippen LogP contribution in [-0.2, 0) is 28.7 Å². The molecule has 6 rings (SSSR count). The van der Waals surface area contributed by atoms with E-state index in [0.29, 0.717) is 12.0 Å². The van der Waals surface area contributed by atoms with Gasteiger partial charge in [-0.15, -0.1) is 0 Å². The summed E-state index contributed by atoms with van der Waals surface area (Å²) in [6.45, 7) is 7.63. The number of allylic oxidation sites excluding steroid dienone is 1. The summed E-state index contributed by atoms with van der Waals surface area (Å²) in [5, 5.41) is 13.5. The second-order valence-electron chi connectivity index (χ2n) is 13.3. The SMILES string of the molecule is Cc1ccc(C)c(N2CC=C[C@]34O[C@@H]5/C=C\CCC(=O)NC[C@@H](c6ccccc6)OC(=O)[C@@H]5[C@H]3C(=O)N([C@@H](CO)C(C)C)[C@@H]4C2=O)c1. The summed E-state index contributed by atoms with van der Waals surface area (Å²) in [6.07, 6.45) is 6.06. The lowest BCUT2D eigenvalue weighted by Gasteiger charge is -2.40. The number of carbonyl (C=O) groups excluding carboxylic acids is 4. The zero-order valence-electron chi connectivity index (χ0n) is 27.3. The van der Waals surface area contributed by atoms with E-state index in [1.165, 1.54) is 4.90 Å². The Hall–Kier alpha value is -4.28. The summed E-state index contributed by atoms with van der Waals surface area (Å²) in [7, 11) is 0. The second-order valence-corrected chi connectivity index (χ2v) is 13.3. The van der Waals surface area contributed by atoms with Gasteiger partial charge in [-0.3, -0.25) is 19.2 Å². The van der Waals surface area contributed by atoms with Gasteiger partial charge in [0.15, 0.2) is 0 Å². The number of hydrogen-bond acceptors (Lipinski definition) is 7. The van der Waals surface area contributed by atoms with E-state index in [1.807, 2.05) is 82.3 Å². The molecule has 248 valence electrons. The van der Waals surface area contributed by atoms with Crippen molar-refractivity contribution >= 4 is 29.4 Å². The van der Waals surface area contributed by atoms with Gasteiger partial charge in [0.05, 0.1) is 31.2 Å². The van der Waals surface area contributed by atoms with Crippen molar-refractivity contribution in [2.45, 2.75) is 70.4 Å². The van der Waals surface area contributed by atoms with Crippen LogP contribution in [-0.4, -0.2) is 77.2 Å². The Morgan fingerprint density at radius 1 is 1.02 bits per heavy atom. The highest BCUT2D eigenvalue weighted by Crippen LogP contribution is 2.54. The number of carbonyl (C=O) groups is 4. The summed E-state index contributed by atoms with van der Waals surface area (Å²) in [5.41, 5.74) is 1.81. The molecule has 0 bridgehead atoms. The lowest BCUT2D eigenvalue weighted by atomic mass is 9.77. The molecule has 2 aromatic carbocycles. The summed E-state index contributed by atoms with van der Waals surface area (Å²) in [4.78, 5) is 59.8. The molecule has 2 N–H and O–H groups in total. The molecule has 0 aromatic heterocycles. The minimum absolute atomic E-state index is 0.0676. The van der Waals surface area contributed by atoms with Crippen molar-refractivity contribution in [3.05, 3.63) is 89.5 Å². The van der Waals surface area contributed by atoms with Crippen LogP contribution >= 0.6 is 0 Å². The predicted molar refractivity (Wildman–Crippen MR) is 175 cm³/mol. The Morgan fingerprint density at radius 2 is 1.79 bits per heavy atom. The molecule has 0 saturated carbocycles. The number of nitrogens with zero attached hydrogens (tertiary/aromatic N) is 2. The molecular weight excluding hydrogens is 598 g/mol. The third-order valence-electron chi connectivity index (χ3n) is 9.95. The molecule has 0 radical (unpaired) electrons. The van der Waals surface area contributed by atoms with E-state index in [4.69, 9.17) is 9.47 Å². The van der Waals surface area contributed by atoms with Gasteiger partial charge in [-0.1, -0.05) is 80.6 Å². The predicted octanol–water partition coefficient (Wildman–Crippen LogP) is 3.55. The summed E-state index contributed by atoms with van der Waals surface area (Å²) in [6, 6.07) is 13.2. The van der Waals surface area contributed by atoms with Crippen molar-refractivity contribution in [3.8, 4) is 0 Å². The van der Waals surface area contributed by atoms with Gasteiger partial charge < -0.3 is 29.7 Å². The van der Waals surface area contributed by atoms with Gasteiger partial charge >= 0.3 is 5.97 Å². The number of fused-ring (bicyclic) bond motifs is 2. The molecule has 2 fully saturated rings. The molecule has 0 aliphatic carbocycles. The molecule has 2 saturated heterocycles. The Bertz CT molecular complexity index is 1600. The number of hydrogen-bond donors (Lipinski definition) is 2. The number of nitrogens with one attached hydrogen (secondary N) is 1. The van der Waals surface area contributed by atoms with Crippen LogP contribution in [0.15, 0.2) is 72.8 Å². The van der Waals surface area contributed by atoms with Gasteiger partial charge in [-0.25, -0.2) is 0 Å². The zero-order valence-corrected chi connectivity index (χ0v) is 27.3. The van der Waals surface area contributed by atoms with Gasteiger partial charge in [0, 0.05) is 18.7 Å². The van der Waals surface area contributed by atoms with Gasteiger partial charge in [0.25, 0.3) is 5.91 Å². The first-order chi connectivity index (χ1) is 22.6. The molecule has 0 unspecified atom stereocenters. The summed E-state index contributed by atoms with van der Waals surface area (Å²) >= 11 is 0. The van der Waals surface area contributed by atoms with Crippen molar-refractivity contribution in [2.24, 2.45) is 17.8 Å². The number of likely N-dealkylation sites (tertiary alicyclic amines) is 1. The third kappa shape index (κ3) is 5.78. The van der Waals surface area contributed by atoms with E-state index in [2.05, 4.69) is 5.32 Å². The van der Waals surface area contributed by atoms with Gasteiger partial charge in [0.1, 0.15) is 23.7 Å². The van der Waals surface area contributed by atoms with E-state index >= 15 is 0 Å². The molecule has 47 heavy (non-hydrogen) atoms. The molecule has 4 aliphatic rings. The zero-order chi connectivity index (χ0) is 33.5. The highest BCUT2D eigenvalue weighted by molar-refractivity contribution is 6.06. The number of esters is 1. The Morgan fingerprint density at radius 3 is 2.51 bits per heavy atom. The monoisotopic (exact) mass is 641 g/mol. The van der Waals surface area contributed by atoms with Crippen LogP contribution < -0.4 is 10.2 Å². The summed E-state index contributed by atoms with van der Waals surface area (Å²) in [5.74, 6) is -3.97. The second kappa shape index (κ2) is 13.1. The van der Waals surface area contributed by atoms with E-state index < -0.39 is 53.6 Å². The standard InChI is InChI=1S/C37H43N3O7/c1-22(2)27(21-41)40-33-35(44)39(26-19-23(3)15-16-24(26)4)18-10-17-37(33)32(34(40)43)31-28(47-37)13-8-9-14-30(42)38-20-29(46-36(31)45)25-11-6-5-7-12-25/h5-8,10-13,15-17,19,22,27-29,31-33,41H,9,14,18,20-21H2,1-4H3,(H,38,42)/b13-8-/t27-,28+,29-,31-,32-,33+,37-/m0/s1. The quantitative estimate of drug-likeness (QED) is 0.378. The molecule has 4 heterocycles. The van der Waals surface area contributed by atoms with Crippen LogP contribution in [0.3, 0.4) is 0 Å². The van der Waals surface area contributed by atoms with Crippen LogP contribution in [0.2, 0.25) is 0 Å². The molecular formula is C37H43N3O7. The number of benzene rings is 2. The maximum absolute atomic E-state index is 14.9. The van der Waals surface area contributed by atoms with E-state index in [1.54, 1.807) is 23.1 Å². The maximum atomic E-state index is 14.9. The number of aliphatic hydroxyl groups excluding tert-OH is 1. The molecule has 10 heteroatoms. The Balaban J connectivity index is 1.47. The van der Waals surface area contributed by atoms with Crippen molar-refractivity contribution < 1.29 is 33.8 Å². The smallest absolute Gasteiger partial charge is 0.313 e. The van der Waals surface area contributed by atoms with Crippen LogP contribution in [0.1, 0.15) is 49.5 Å². The number of amides is 3. The van der Waals surface area contributed by atoms with Crippen molar-refractivity contribution in [1.29, 1.82) is 0 Å². The first-order valence-corrected chi connectivity index (χ1v) is 16.4. The largest absolute Gasteiger partial charge is 0.455 e. The van der Waals surface area contributed by atoms with Crippen molar-refractivity contribution in [3.63, 3.8) is 0 Å². The molecule has 3 amide bonds. The maximum Gasteiger partial charge on any atom is 0.313 e. The van der Waals surface area contributed by atoms with Gasteiger partial charge in [0.2, 0.25) is 11.8 Å². The van der Waals surface area contributed by atoms with E-state index in [9.17, 15) is 24.3 Å². The average molecular weight is 642 g/mol. The fraction of sp³-hybridized carbons (Fsp3) is 0.459. The van der Waals surface area contributed by atoms with Crippen molar-refractivity contribution in [2.75, 3.05) is 24.6 Å². The number of ether oxygens (including phenoxy) is 2. The molecule has 1 spiro atoms. The fourth-order valence-corrected chi connectivity index (χ4v) is 7.55. The summed E-state index contributed by atoms with van der Waals surface area (Å²) < 4.78 is 13.0. The topological polar surface area (TPSA) is 125 Å². The van der Waals surface area contributed by atoms with Crippen LogP contribution in [0, 0.1) is 31.6 Å². The van der Waals surface area contributed by atoms with Gasteiger partial charge in [-0.05, 0) is 48.9 Å². The third-order valence-corrected chi connectivity index (χ3v) is 9.95. The minimum atomic E-state index is -1.50. The normalized spacial score (nSPS) is 30.8. The number of cyclic esters (lactones) is 1. The lowest BCUT2D eigenvalue weighted by molar-refractivity contribution is -0.160. The highest BCUT2D eigenvalue weighted by atomic mass is 16.6. The first-order valence-electron chi connectivity index (χ1n) is 16.4. The van der Waals surface area contributed by atoms with E-state index in [-0.39, 0.29) is 43.8 Å². The number of aryl methyl sites for hydroxylation is 2.